The van der Waals surface area contributed by atoms with Gasteiger partial charge in [0.2, 0.25) is 0 Å². The highest BCUT2D eigenvalue weighted by atomic mass is 32.2. The maximum absolute atomic E-state index is 13.6. The van der Waals surface area contributed by atoms with Gasteiger partial charge >= 0.3 is 12.4 Å². The Kier molecular flexibility index (Phi) is 9.24. The van der Waals surface area contributed by atoms with E-state index in [2.05, 4.69) is 0 Å². The van der Waals surface area contributed by atoms with Crippen molar-refractivity contribution < 1.29 is 43.5 Å². The van der Waals surface area contributed by atoms with Gasteiger partial charge in [0, 0.05) is 0 Å². The molecule has 4 aromatic carbocycles. The number of hydrogen-bond acceptors (Lipinski definition) is 2. The fourth-order valence-corrected chi connectivity index (χ4v) is 5.75. The maximum atomic E-state index is 13.6. The van der Waals surface area contributed by atoms with Gasteiger partial charge < -0.3 is 0 Å². The van der Waals surface area contributed by atoms with E-state index >= 15 is 0 Å². The van der Waals surface area contributed by atoms with E-state index in [1.165, 1.54) is 36.4 Å². The molecule has 0 aliphatic carbocycles. The molecule has 2 nitrogen and oxygen atoms in total. The summed E-state index contributed by atoms with van der Waals surface area (Å²) in [5.74, 6) is -2.40. The molecule has 4 aromatic rings. The minimum Gasteiger partial charge on any atom is -0.228 e. The number of halogens is 8. The highest BCUT2D eigenvalue weighted by molar-refractivity contribution is 7.89. The highest BCUT2D eigenvalue weighted by Gasteiger charge is 2.34. The van der Waals surface area contributed by atoms with Crippen molar-refractivity contribution in [3.63, 3.8) is 0 Å². The van der Waals surface area contributed by atoms with E-state index in [4.69, 9.17) is 0 Å². The van der Waals surface area contributed by atoms with Gasteiger partial charge in [0.1, 0.15) is 11.6 Å². The van der Waals surface area contributed by atoms with Gasteiger partial charge in [-0.25, -0.2) is 17.2 Å². The quantitative estimate of drug-likeness (QED) is 0.145. The summed E-state index contributed by atoms with van der Waals surface area (Å²) in [6.45, 7) is 0. The molecule has 0 radical (unpaired) electrons. The van der Waals surface area contributed by atoms with Crippen molar-refractivity contribution in [1.82, 2.24) is 0 Å². The van der Waals surface area contributed by atoms with E-state index in [0.717, 1.165) is 72.8 Å². The Morgan fingerprint density at radius 1 is 0.512 bits per heavy atom. The maximum Gasteiger partial charge on any atom is 0.416 e. The molecule has 0 fully saturated rings. The molecule has 0 bridgehead atoms. The standard InChI is InChI=1S/C32H22F8O2S/c33-27-11-3-21(4-12-27)1-9-25-17-23(7-15-29(25)31(35,36)37)19-43(41,42)20-24-8-16-30(32(38,39)40)26(18-24)10-2-22-5-13-28(34)14-6-22/h1-18H,19-20H2/b9-1+,10-2?. The lowest BCUT2D eigenvalue weighted by Crippen LogP contribution is -2.12. The van der Waals surface area contributed by atoms with Crippen LogP contribution in [0.25, 0.3) is 24.3 Å². The molecular weight excluding hydrogens is 600 g/mol. The second-order valence-electron chi connectivity index (χ2n) is 9.64. The lowest BCUT2D eigenvalue weighted by atomic mass is 10.0. The van der Waals surface area contributed by atoms with Crippen molar-refractivity contribution >= 4 is 34.1 Å². The third-order valence-corrected chi connectivity index (χ3v) is 7.81. The van der Waals surface area contributed by atoms with Gasteiger partial charge in [0.05, 0.1) is 22.6 Å². The van der Waals surface area contributed by atoms with E-state index in [1.807, 2.05) is 0 Å². The first-order valence-corrected chi connectivity index (χ1v) is 14.4. The first-order chi connectivity index (χ1) is 20.1. The number of benzene rings is 4. The summed E-state index contributed by atoms with van der Waals surface area (Å²) in [5.41, 5.74) is -1.73. The predicted octanol–water partition coefficient (Wildman–Crippen LogP) is 9.46. The molecule has 0 aliphatic heterocycles. The van der Waals surface area contributed by atoms with Crippen LogP contribution < -0.4 is 0 Å². The van der Waals surface area contributed by atoms with Crippen molar-refractivity contribution in [2.45, 2.75) is 23.9 Å². The van der Waals surface area contributed by atoms with Crippen molar-refractivity contribution in [2.24, 2.45) is 0 Å². The molecule has 224 valence electrons. The molecule has 0 unspecified atom stereocenters. The van der Waals surface area contributed by atoms with Crippen LogP contribution in [-0.4, -0.2) is 8.42 Å². The van der Waals surface area contributed by atoms with Crippen LogP contribution in [0, 0.1) is 11.6 Å². The number of hydrogen-bond donors (Lipinski definition) is 0. The molecule has 11 heteroatoms. The monoisotopic (exact) mass is 622 g/mol. The van der Waals surface area contributed by atoms with E-state index in [-0.39, 0.29) is 22.3 Å². The molecule has 0 atom stereocenters. The Morgan fingerprint density at radius 3 is 1.19 bits per heavy atom. The fraction of sp³-hybridized carbons (Fsp3) is 0.125. The van der Waals surface area contributed by atoms with Gasteiger partial charge in [-0.1, -0.05) is 72.8 Å². The SMILES string of the molecule is O=S(=O)(Cc1ccc(C(F)(F)F)c(C=Cc2ccc(F)cc2)c1)Cc1ccc(C(F)(F)F)c(/C=C/c2ccc(F)cc2)c1. The average molecular weight is 623 g/mol. The van der Waals surface area contributed by atoms with Crippen molar-refractivity contribution in [3.05, 3.63) is 141 Å². The van der Waals surface area contributed by atoms with Crippen LogP contribution in [0.15, 0.2) is 84.9 Å². The van der Waals surface area contributed by atoms with E-state index in [9.17, 15) is 43.5 Å². The van der Waals surface area contributed by atoms with Gasteiger partial charge in [0.25, 0.3) is 0 Å². The van der Waals surface area contributed by atoms with Crippen molar-refractivity contribution in [3.8, 4) is 0 Å². The van der Waals surface area contributed by atoms with Gasteiger partial charge in [-0.3, -0.25) is 0 Å². The summed E-state index contributed by atoms with van der Waals surface area (Å²) in [6.07, 6.45) is -4.55. The van der Waals surface area contributed by atoms with Crippen molar-refractivity contribution in [2.75, 3.05) is 0 Å². The summed E-state index contributed by atoms with van der Waals surface area (Å²) < 4.78 is 134. The Balaban J connectivity index is 1.61. The van der Waals surface area contributed by atoms with Gasteiger partial charge in [-0.2, -0.15) is 26.3 Å². The second-order valence-corrected chi connectivity index (χ2v) is 11.7. The minimum absolute atomic E-state index is 0.0371. The summed E-state index contributed by atoms with van der Waals surface area (Å²) in [4.78, 5) is 0. The topological polar surface area (TPSA) is 34.1 Å². The molecule has 0 N–H and O–H groups in total. The molecule has 0 saturated carbocycles. The Morgan fingerprint density at radius 2 is 0.860 bits per heavy atom. The lowest BCUT2D eigenvalue weighted by molar-refractivity contribution is -0.138. The van der Waals surface area contributed by atoms with Crippen molar-refractivity contribution in [1.29, 1.82) is 0 Å². The highest BCUT2D eigenvalue weighted by Crippen LogP contribution is 2.35. The molecule has 0 aliphatic rings. The molecule has 43 heavy (non-hydrogen) atoms. The molecule has 0 aromatic heterocycles. The van der Waals surface area contributed by atoms with Crippen LogP contribution in [0.2, 0.25) is 0 Å². The summed E-state index contributed by atoms with van der Waals surface area (Å²) in [7, 11) is -4.06. The normalized spacial score (nSPS) is 12.8. The Hall–Kier alpha value is -4.25. The molecule has 0 heterocycles. The summed E-state index contributed by atoms with van der Waals surface area (Å²) in [5, 5.41) is 0. The first-order valence-electron chi connectivity index (χ1n) is 12.6. The minimum atomic E-state index is -4.74. The van der Waals surface area contributed by atoms with Crippen LogP contribution in [0.5, 0.6) is 0 Å². The average Bonchev–Trinajstić information content (AvgIpc) is 2.91. The van der Waals surface area contributed by atoms with Gasteiger partial charge in [-0.05, 0) is 69.8 Å². The molecule has 0 saturated heterocycles. The van der Waals surface area contributed by atoms with Crippen LogP contribution in [0.1, 0.15) is 44.5 Å². The number of sulfone groups is 1. The second kappa shape index (κ2) is 12.5. The molecular formula is C32H22F8O2S. The van der Waals surface area contributed by atoms with Crippen LogP contribution in [0.3, 0.4) is 0 Å². The van der Waals surface area contributed by atoms with Gasteiger partial charge in [-0.15, -0.1) is 0 Å². The summed E-state index contributed by atoms with van der Waals surface area (Å²) in [6, 6.07) is 15.7. The van der Waals surface area contributed by atoms with E-state index < -0.39 is 56.5 Å². The largest absolute Gasteiger partial charge is 0.416 e. The van der Waals surface area contributed by atoms with E-state index in [1.54, 1.807) is 0 Å². The predicted molar refractivity (Wildman–Crippen MR) is 150 cm³/mol. The molecule has 0 spiro atoms. The molecule has 4 rings (SSSR count). The molecule has 0 amide bonds. The van der Waals surface area contributed by atoms with Crippen LogP contribution in [0.4, 0.5) is 35.1 Å². The van der Waals surface area contributed by atoms with Gasteiger partial charge in [0.15, 0.2) is 9.84 Å². The lowest BCUT2D eigenvalue weighted by Gasteiger charge is -2.14. The number of rotatable bonds is 8. The van der Waals surface area contributed by atoms with Crippen LogP contribution >= 0.6 is 0 Å². The zero-order valence-corrected chi connectivity index (χ0v) is 22.9. The first kappa shape index (κ1) is 31.7. The third kappa shape index (κ3) is 8.87. The zero-order chi connectivity index (χ0) is 31.4. The van der Waals surface area contributed by atoms with Crippen LogP contribution in [-0.2, 0) is 33.7 Å². The number of alkyl halides is 6. The summed E-state index contributed by atoms with van der Waals surface area (Å²) >= 11 is 0. The zero-order valence-electron chi connectivity index (χ0n) is 22.1. The Bertz CT molecular complexity index is 1630. The third-order valence-electron chi connectivity index (χ3n) is 6.27. The fourth-order valence-electron chi connectivity index (χ4n) is 4.27. The Labute approximate surface area is 242 Å². The van der Waals surface area contributed by atoms with E-state index in [0.29, 0.717) is 11.1 Å². The smallest absolute Gasteiger partial charge is 0.228 e.